The SMILES string of the molecule is N#CC1(CCNC(=O)C(Cl)Cl)CC1. The molecule has 1 aliphatic carbocycles. The molecule has 0 aromatic rings. The molecule has 3 nitrogen and oxygen atoms in total. The molecule has 0 atom stereocenters. The number of hydrogen-bond donors (Lipinski definition) is 1. The second kappa shape index (κ2) is 4.17. The average molecular weight is 221 g/mol. The first-order valence-electron chi connectivity index (χ1n) is 4.07. The van der Waals surface area contributed by atoms with Crippen LogP contribution in [-0.4, -0.2) is 17.3 Å². The molecule has 0 aromatic heterocycles. The zero-order valence-corrected chi connectivity index (χ0v) is 8.53. The molecular weight excluding hydrogens is 211 g/mol. The van der Waals surface area contributed by atoms with E-state index in [4.69, 9.17) is 28.5 Å². The Kier molecular flexibility index (Phi) is 3.40. The minimum atomic E-state index is -1.02. The van der Waals surface area contributed by atoms with Crippen molar-refractivity contribution in [3.63, 3.8) is 0 Å². The van der Waals surface area contributed by atoms with Crippen molar-refractivity contribution in [1.82, 2.24) is 5.32 Å². The summed E-state index contributed by atoms with van der Waals surface area (Å²) < 4.78 is 0. The smallest absolute Gasteiger partial charge is 0.253 e. The largest absolute Gasteiger partial charge is 0.354 e. The number of carbonyl (C=O) groups is 1. The maximum absolute atomic E-state index is 10.9. The molecule has 0 aliphatic heterocycles. The Balaban J connectivity index is 2.15. The minimum absolute atomic E-state index is 0.179. The van der Waals surface area contributed by atoms with E-state index < -0.39 is 10.7 Å². The van der Waals surface area contributed by atoms with E-state index in [2.05, 4.69) is 11.4 Å². The Morgan fingerprint density at radius 3 is 2.62 bits per heavy atom. The molecular formula is C8H10Cl2N2O. The molecule has 1 aliphatic rings. The molecule has 1 N–H and O–H groups in total. The molecule has 72 valence electrons. The number of nitrogens with one attached hydrogen (secondary N) is 1. The third kappa shape index (κ3) is 3.06. The lowest BCUT2D eigenvalue weighted by Crippen LogP contribution is -2.30. The van der Waals surface area contributed by atoms with Gasteiger partial charge in [0.25, 0.3) is 5.91 Å². The first kappa shape index (κ1) is 10.6. The van der Waals surface area contributed by atoms with Gasteiger partial charge in [0.15, 0.2) is 4.84 Å². The number of carbonyl (C=O) groups excluding carboxylic acids is 1. The highest BCUT2D eigenvalue weighted by Gasteiger charge is 2.42. The molecule has 0 unspecified atom stereocenters. The average Bonchev–Trinajstić information content (AvgIpc) is 2.85. The van der Waals surface area contributed by atoms with Crippen LogP contribution in [-0.2, 0) is 4.79 Å². The van der Waals surface area contributed by atoms with E-state index in [0.717, 1.165) is 12.8 Å². The highest BCUT2D eigenvalue weighted by Crippen LogP contribution is 2.47. The Hall–Kier alpha value is -0.460. The monoisotopic (exact) mass is 220 g/mol. The second-order valence-corrected chi connectivity index (χ2v) is 4.33. The van der Waals surface area contributed by atoms with Crippen LogP contribution in [0, 0.1) is 16.7 Å². The molecule has 0 radical (unpaired) electrons. The number of alkyl halides is 2. The summed E-state index contributed by atoms with van der Waals surface area (Å²) in [4.78, 5) is 9.86. The lowest BCUT2D eigenvalue weighted by molar-refractivity contribution is -0.119. The van der Waals surface area contributed by atoms with Crippen LogP contribution in [0.1, 0.15) is 19.3 Å². The number of amides is 1. The molecule has 1 saturated carbocycles. The first-order chi connectivity index (χ1) is 6.09. The van der Waals surface area contributed by atoms with Crippen LogP contribution in [0.4, 0.5) is 0 Å². The predicted octanol–water partition coefficient (Wildman–Crippen LogP) is 1.60. The van der Waals surface area contributed by atoms with Crippen molar-refractivity contribution >= 4 is 29.1 Å². The highest BCUT2D eigenvalue weighted by atomic mass is 35.5. The summed E-state index contributed by atoms with van der Waals surface area (Å²) in [6.45, 7) is 0.475. The lowest BCUT2D eigenvalue weighted by atomic mass is 10.1. The summed E-state index contributed by atoms with van der Waals surface area (Å²) in [6, 6.07) is 2.24. The van der Waals surface area contributed by atoms with Crippen molar-refractivity contribution in [3.05, 3.63) is 0 Å². The fourth-order valence-corrected chi connectivity index (χ4v) is 1.23. The fourth-order valence-electron chi connectivity index (χ4n) is 1.07. The van der Waals surface area contributed by atoms with Gasteiger partial charge in [0, 0.05) is 6.54 Å². The van der Waals surface area contributed by atoms with Crippen molar-refractivity contribution in [2.75, 3.05) is 6.54 Å². The van der Waals surface area contributed by atoms with E-state index in [1.807, 2.05) is 0 Å². The van der Waals surface area contributed by atoms with Crippen LogP contribution in [0.5, 0.6) is 0 Å². The van der Waals surface area contributed by atoms with E-state index in [9.17, 15) is 4.79 Å². The fraction of sp³-hybridized carbons (Fsp3) is 0.750. The van der Waals surface area contributed by atoms with Crippen molar-refractivity contribution in [3.8, 4) is 6.07 Å². The van der Waals surface area contributed by atoms with Crippen LogP contribution in [0.15, 0.2) is 0 Å². The van der Waals surface area contributed by atoms with Crippen molar-refractivity contribution < 1.29 is 4.79 Å². The van der Waals surface area contributed by atoms with Gasteiger partial charge in [-0.2, -0.15) is 5.26 Å². The molecule has 0 saturated heterocycles. The summed E-state index contributed by atoms with van der Waals surface area (Å²) in [6.07, 6.45) is 2.56. The molecule has 0 heterocycles. The zero-order chi connectivity index (χ0) is 9.90. The third-order valence-electron chi connectivity index (χ3n) is 2.19. The Morgan fingerprint density at radius 1 is 1.62 bits per heavy atom. The Bertz CT molecular complexity index is 243. The topological polar surface area (TPSA) is 52.9 Å². The summed E-state index contributed by atoms with van der Waals surface area (Å²) in [7, 11) is 0. The standard InChI is InChI=1S/C8H10Cl2N2O/c9-6(10)7(13)12-4-3-8(5-11)1-2-8/h6H,1-4H2,(H,12,13). The van der Waals surface area contributed by atoms with Gasteiger partial charge >= 0.3 is 0 Å². The summed E-state index contributed by atoms with van der Waals surface area (Å²) in [5, 5.41) is 11.3. The molecule has 1 fully saturated rings. The van der Waals surface area contributed by atoms with E-state index in [1.54, 1.807) is 0 Å². The van der Waals surface area contributed by atoms with Gasteiger partial charge in [-0.05, 0) is 19.3 Å². The molecule has 0 spiro atoms. The number of nitriles is 1. The number of nitrogens with zero attached hydrogens (tertiary/aromatic N) is 1. The van der Waals surface area contributed by atoms with Gasteiger partial charge in [-0.25, -0.2) is 0 Å². The van der Waals surface area contributed by atoms with Gasteiger partial charge in [0.2, 0.25) is 0 Å². The van der Waals surface area contributed by atoms with Crippen molar-refractivity contribution in [2.24, 2.45) is 5.41 Å². The van der Waals surface area contributed by atoms with Gasteiger partial charge in [-0.15, -0.1) is 0 Å². The molecule has 13 heavy (non-hydrogen) atoms. The lowest BCUT2D eigenvalue weighted by Gasteiger charge is -2.07. The van der Waals surface area contributed by atoms with Crippen LogP contribution >= 0.6 is 23.2 Å². The van der Waals surface area contributed by atoms with Gasteiger partial charge in [0.1, 0.15) is 0 Å². The normalized spacial score (nSPS) is 18.0. The van der Waals surface area contributed by atoms with Crippen molar-refractivity contribution in [2.45, 2.75) is 24.1 Å². The third-order valence-corrected chi connectivity index (χ3v) is 2.59. The first-order valence-corrected chi connectivity index (χ1v) is 4.94. The molecule has 1 amide bonds. The Labute approximate surface area is 87.0 Å². The van der Waals surface area contributed by atoms with E-state index in [0.29, 0.717) is 13.0 Å². The van der Waals surface area contributed by atoms with E-state index >= 15 is 0 Å². The molecule has 0 bridgehead atoms. The summed E-state index contributed by atoms with van der Waals surface area (Å²) >= 11 is 10.6. The molecule has 1 rings (SSSR count). The summed E-state index contributed by atoms with van der Waals surface area (Å²) in [5.41, 5.74) is -0.179. The van der Waals surface area contributed by atoms with Crippen LogP contribution in [0.2, 0.25) is 0 Å². The van der Waals surface area contributed by atoms with Gasteiger partial charge in [-0.1, -0.05) is 23.2 Å². The Morgan fingerprint density at radius 2 is 2.23 bits per heavy atom. The van der Waals surface area contributed by atoms with E-state index in [1.165, 1.54) is 0 Å². The van der Waals surface area contributed by atoms with Gasteiger partial charge in [0.05, 0.1) is 11.5 Å². The maximum Gasteiger partial charge on any atom is 0.253 e. The number of hydrogen-bond acceptors (Lipinski definition) is 2. The van der Waals surface area contributed by atoms with Gasteiger partial charge < -0.3 is 5.32 Å². The zero-order valence-electron chi connectivity index (χ0n) is 7.02. The highest BCUT2D eigenvalue weighted by molar-refractivity contribution is 6.53. The maximum atomic E-state index is 10.9. The number of rotatable bonds is 4. The van der Waals surface area contributed by atoms with Crippen LogP contribution < -0.4 is 5.32 Å². The van der Waals surface area contributed by atoms with Crippen LogP contribution in [0.25, 0.3) is 0 Å². The van der Waals surface area contributed by atoms with Gasteiger partial charge in [-0.3, -0.25) is 4.79 Å². The number of halogens is 2. The second-order valence-electron chi connectivity index (χ2n) is 3.23. The van der Waals surface area contributed by atoms with E-state index in [-0.39, 0.29) is 5.41 Å². The van der Waals surface area contributed by atoms with Crippen molar-refractivity contribution in [1.29, 1.82) is 5.26 Å². The molecule has 5 heteroatoms. The van der Waals surface area contributed by atoms with Crippen LogP contribution in [0.3, 0.4) is 0 Å². The minimum Gasteiger partial charge on any atom is -0.354 e. The quantitative estimate of drug-likeness (QED) is 0.733. The predicted molar refractivity (Wildman–Crippen MR) is 50.4 cm³/mol. The summed E-state index contributed by atoms with van der Waals surface area (Å²) in [5.74, 6) is -0.392. The molecule has 0 aromatic carbocycles.